The molecule has 2 aromatic rings. The van der Waals surface area contributed by atoms with Gasteiger partial charge in [0.15, 0.2) is 11.6 Å². The molecule has 0 saturated heterocycles. The predicted octanol–water partition coefficient (Wildman–Crippen LogP) is 2.91. The Hall–Kier alpha value is -2.22. The smallest absolute Gasteiger partial charge is 0.262 e. The first-order valence-electron chi connectivity index (χ1n) is 5.65. The summed E-state index contributed by atoms with van der Waals surface area (Å²) in [4.78, 5) is -0.483. The molecular weight excluding hydrogens is 307 g/mol. The van der Waals surface area contributed by atoms with Gasteiger partial charge in [0.05, 0.1) is 12.0 Å². The molecular formula is C13H10F3NO3S. The molecule has 0 bridgehead atoms. The van der Waals surface area contributed by atoms with E-state index in [0.717, 1.165) is 30.3 Å². The topological polar surface area (TPSA) is 55.4 Å². The summed E-state index contributed by atoms with van der Waals surface area (Å²) >= 11 is 0. The van der Waals surface area contributed by atoms with Gasteiger partial charge in [-0.25, -0.2) is 21.6 Å². The molecule has 0 spiro atoms. The molecule has 112 valence electrons. The fraction of sp³-hybridized carbons (Fsp3) is 0.0769. The van der Waals surface area contributed by atoms with Crippen molar-refractivity contribution in [2.75, 3.05) is 11.8 Å². The van der Waals surface area contributed by atoms with E-state index in [4.69, 9.17) is 0 Å². The first-order valence-corrected chi connectivity index (χ1v) is 7.14. The number of halogens is 3. The average Bonchev–Trinajstić information content (AvgIpc) is 2.43. The molecule has 4 nitrogen and oxygen atoms in total. The monoisotopic (exact) mass is 317 g/mol. The number of methoxy groups -OCH3 is 1. The normalized spacial score (nSPS) is 11.2. The van der Waals surface area contributed by atoms with E-state index in [-0.39, 0.29) is 5.75 Å². The van der Waals surface area contributed by atoms with Gasteiger partial charge in [0.2, 0.25) is 0 Å². The minimum Gasteiger partial charge on any atom is -0.494 e. The zero-order valence-corrected chi connectivity index (χ0v) is 11.5. The molecule has 1 N–H and O–H groups in total. The number of hydrogen-bond donors (Lipinski definition) is 1. The van der Waals surface area contributed by atoms with Crippen LogP contribution in [-0.2, 0) is 10.0 Å². The van der Waals surface area contributed by atoms with Crippen LogP contribution in [0, 0.1) is 17.5 Å². The molecule has 0 unspecified atom stereocenters. The lowest BCUT2D eigenvalue weighted by molar-refractivity contribution is 0.385. The van der Waals surface area contributed by atoms with E-state index >= 15 is 0 Å². The summed E-state index contributed by atoms with van der Waals surface area (Å²) in [5.41, 5.74) is -0.825. The molecule has 0 heterocycles. The molecule has 2 aromatic carbocycles. The molecule has 0 aromatic heterocycles. The van der Waals surface area contributed by atoms with E-state index < -0.39 is 38.1 Å². The molecule has 0 fully saturated rings. The number of hydrogen-bond acceptors (Lipinski definition) is 3. The minimum absolute atomic E-state index is 0.147. The van der Waals surface area contributed by atoms with Crippen molar-refractivity contribution in [1.29, 1.82) is 0 Å². The highest BCUT2D eigenvalue weighted by Gasteiger charge is 2.20. The maximum absolute atomic E-state index is 13.5. The number of ether oxygens (including phenoxy) is 1. The van der Waals surface area contributed by atoms with Crippen LogP contribution in [0.15, 0.2) is 41.3 Å². The molecule has 2 rings (SSSR count). The van der Waals surface area contributed by atoms with E-state index in [9.17, 15) is 21.6 Å². The van der Waals surface area contributed by atoms with Gasteiger partial charge in [-0.3, -0.25) is 4.72 Å². The fourth-order valence-corrected chi connectivity index (χ4v) is 2.69. The molecule has 0 atom stereocenters. The largest absolute Gasteiger partial charge is 0.494 e. The van der Waals surface area contributed by atoms with Crippen molar-refractivity contribution in [2.45, 2.75) is 4.90 Å². The maximum atomic E-state index is 13.5. The van der Waals surface area contributed by atoms with Crippen molar-refractivity contribution >= 4 is 15.7 Å². The van der Waals surface area contributed by atoms with Crippen molar-refractivity contribution in [1.82, 2.24) is 0 Å². The summed E-state index contributed by atoms with van der Waals surface area (Å²) in [7, 11) is -3.11. The molecule has 0 radical (unpaired) electrons. The lowest BCUT2D eigenvalue weighted by Gasteiger charge is -2.10. The zero-order chi connectivity index (χ0) is 15.6. The van der Waals surface area contributed by atoms with Crippen LogP contribution in [0.1, 0.15) is 0 Å². The number of anilines is 1. The van der Waals surface area contributed by atoms with Crippen molar-refractivity contribution in [3.8, 4) is 5.75 Å². The van der Waals surface area contributed by atoms with Crippen molar-refractivity contribution < 1.29 is 26.3 Å². The average molecular weight is 317 g/mol. The summed E-state index contributed by atoms with van der Waals surface area (Å²) in [5, 5.41) is 0. The highest BCUT2D eigenvalue weighted by molar-refractivity contribution is 7.92. The summed E-state index contributed by atoms with van der Waals surface area (Å²) in [6.45, 7) is 0. The van der Waals surface area contributed by atoms with Crippen molar-refractivity contribution in [3.05, 3.63) is 53.8 Å². The van der Waals surface area contributed by atoms with E-state index in [1.807, 2.05) is 0 Å². The lowest BCUT2D eigenvalue weighted by atomic mass is 10.3. The lowest BCUT2D eigenvalue weighted by Crippen LogP contribution is -2.15. The summed E-state index contributed by atoms with van der Waals surface area (Å²) in [5.74, 6) is -3.21. The second-order valence-electron chi connectivity index (χ2n) is 4.00. The van der Waals surface area contributed by atoms with Gasteiger partial charge in [0.1, 0.15) is 17.3 Å². The summed E-state index contributed by atoms with van der Waals surface area (Å²) < 4.78 is 70.8. The number of benzene rings is 2. The van der Waals surface area contributed by atoms with Crippen LogP contribution in [0.3, 0.4) is 0 Å². The van der Waals surface area contributed by atoms with Crippen LogP contribution in [0.2, 0.25) is 0 Å². The SMILES string of the molecule is COc1ccc(S(=O)(=O)Nc2c(F)cccc2F)cc1F. The van der Waals surface area contributed by atoms with E-state index in [1.54, 1.807) is 4.72 Å². The summed E-state index contributed by atoms with van der Waals surface area (Å²) in [6, 6.07) is 5.74. The van der Waals surface area contributed by atoms with E-state index in [1.165, 1.54) is 7.11 Å². The molecule has 0 aliphatic carbocycles. The molecule has 0 saturated carbocycles. The first-order chi connectivity index (χ1) is 9.85. The highest BCUT2D eigenvalue weighted by atomic mass is 32.2. The second kappa shape index (κ2) is 5.65. The molecule has 0 amide bonds. The van der Waals surface area contributed by atoms with Crippen LogP contribution in [0.5, 0.6) is 5.75 Å². The zero-order valence-electron chi connectivity index (χ0n) is 10.7. The van der Waals surface area contributed by atoms with Gasteiger partial charge in [-0.2, -0.15) is 0 Å². The molecule has 21 heavy (non-hydrogen) atoms. The maximum Gasteiger partial charge on any atom is 0.262 e. The number of nitrogens with one attached hydrogen (secondary N) is 1. The van der Waals surface area contributed by atoms with Gasteiger partial charge in [0, 0.05) is 0 Å². The number of para-hydroxylation sites is 1. The fourth-order valence-electron chi connectivity index (χ4n) is 1.60. The van der Waals surface area contributed by atoms with Gasteiger partial charge in [-0.05, 0) is 30.3 Å². The minimum atomic E-state index is -4.33. The first kappa shape index (κ1) is 15.2. The Kier molecular flexibility index (Phi) is 4.08. The van der Waals surface area contributed by atoms with E-state index in [2.05, 4.69) is 4.74 Å². The van der Waals surface area contributed by atoms with Crippen LogP contribution in [0.4, 0.5) is 18.9 Å². The molecule has 8 heteroatoms. The number of sulfonamides is 1. The Morgan fingerprint density at radius 3 is 2.14 bits per heavy atom. The quantitative estimate of drug-likeness (QED) is 0.943. The molecule has 0 aliphatic heterocycles. The van der Waals surface area contributed by atoms with Gasteiger partial charge in [0.25, 0.3) is 10.0 Å². The predicted molar refractivity (Wildman–Crippen MR) is 70.1 cm³/mol. The Labute approximate surface area is 119 Å². The Morgan fingerprint density at radius 1 is 1.00 bits per heavy atom. The van der Waals surface area contributed by atoms with Gasteiger partial charge in [-0.15, -0.1) is 0 Å². The van der Waals surface area contributed by atoms with Gasteiger partial charge >= 0.3 is 0 Å². The Balaban J connectivity index is 2.41. The van der Waals surface area contributed by atoms with Crippen LogP contribution < -0.4 is 9.46 Å². The third kappa shape index (κ3) is 3.10. The van der Waals surface area contributed by atoms with Gasteiger partial charge in [-0.1, -0.05) is 6.07 Å². The molecule has 0 aliphatic rings. The highest BCUT2D eigenvalue weighted by Crippen LogP contribution is 2.25. The van der Waals surface area contributed by atoms with Crippen molar-refractivity contribution in [3.63, 3.8) is 0 Å². The van der Waals surface area contributed by atoms with Gasteiger partial charge < -0.3 is 4.74 Å². The van der Waals surface area contributed by atoms with Crippen molar-refractivity contribution in [2.24, 2.45) is 0 Å². The standard InChI is InChI=1S/C13H10F3NO3S/c1-20-12-6-5-8(7-11(12)16)21(18,19)17-13-9(14)3-2-4-10(13)15/h2-7,17H,1H3. The third-order valence-corrected chi connectivity index (χ3v) is 3.98. The van der Waals surface area contributed by atoms with Crippen LogP contribution in [-0.4, -0.2) is 15.5 Å². The third-order valence-electron chi connectivity index (χ3n) is 2.63. The van der Waals surface area contributed by atoms with Crippen LogP contribution in [0.25, 0.3) is 0 Å². The Morgan fingerprint density at radius 2 is 1.62 bits per heavy atom. The second-order valence-corrected chi connectivity index (χ2v) is 5.68. The Bertz CT molecular complexity index is 758. The summed E-state index contributed by atoms with van der Waals surface area (Å²) in [6.07, 6.45) is 0. The van der Waals surface area contributed by atoms with Crippen LogP contribution >= 0.6 is 0 Å². The van der Waals surface area contributed by atoms with E-state index in [0.29, 0.717) is 6.07 Å². The number of rotatable bonds is 4.